The Balaban J connectivity index is 2.62. The van der Waals surface area contributed by atoms with Crippen LogP contribution in [0.2, 0.25) is 0 Å². The predicted molar refractivity (Wildman–Crippen MR) is 59.3 cm³/mol. The van der Waals surface area contributed by atoms with Gasteiger partial charge in [-0.3, -0.25) is 0 Å². The fraction of sp³-hybridized carbons (Fsp3) is 0.700. The van der Waals surface area contributed by atoms with E-state index in [-0.39, 0.29) is 5.41 Å². The van der Waals surface area contributed by atoms with Crippen molar-refractivity contribution in [2.45, 2.75) is 26.2 Å². The Bertz CT molecular complexity index is 207. The summed E-state index contributed by atoms with van der Waals surface area (Å²) >= 11 is 7.54. The Kier molecular flexibility index (Phi) is 4.33. The molecule has 0 radical (unpaired) electrons. The summed E-state index contributed by atoms with van der Waals surface area (Å²) in [5, 5.41) is 0. The number of aldehydes is 1. The third kappa shape index (κ3) is 3.03. The highest BCUT2D eigenvalue weighted by molar-refractivity contribution is 7.99. The third-order valence-electron chi connectivity index (χ3n) is 2.56. The molecule has 1 heterocycles. The van der Waals surface area contributed by atoms with Crippen molar-refractivity contribution >= 4 is 29.6 Å². The van der Waals surface area contributed by atoms with Gasteiger partial charge in [-0.05, 0) is 37.7 Å². The molecule has 1 fully saturated rings. The van der Waals surface area contributed by atoms with Gasteiger partial charge in [0.05, 0.1) is 0 Å². The van der Waals surface area contributed by atoms with Gasteiger partial charge in [0.2, 0.25) is 0 Å². The number of hydrogen-bond acceptors (Lipinski definition) is 2. The van der Waals surface area contributed by atoms with Crippen molar-refractivity contribution in [1.29, 1.82) is 0 Å². The standard InChI is InChI=1S/C10H15ClOS/c1-9(7-11)6-10(8-12)2-4-13-5-3-10/h7-8H,2-6H2,1H3/b9-7+. The van der Waals surface area contributed by atoms with Gasteiger partial charge in [0.15, 0.2) is 0 Å². The highest BCUT2D eigenvalue weighted by Crippen LogP contribution is 2.38. The van der Waals surface area contributed by atoms with Crippen LogP contribution in [0.3, 0.4) is 0 Å². The van der Waals surface area contributed by atoms with Gasteiger partial charge >= 0.3 is 0 Å². The van der Waals surface area contributed by atoms with Gasteiger partial charge in [-0.2, -0.15) is 11.8 Å². The third-order valence-corrected chi connectivity index (χ3v) is 3.91. The number of carbonyl (C=O) groups is 1. The van der Waals surface area contributed by atoms with Crippen molar-refractivity contribution in [2.75, 3.05) is 11.5 Å². The van der Waals surface area contributed by atoms with E-state index in [1.165, 1.54) is 0 Å². The topological polar surface area (TPSA) is 17.1 Å². The van der Waals surface area contributed by atoms with E-state index < -0.39 is 0 Å². The molecule has 0 saturated carbocycles. The molecule has 0 atom stereocenters. The zero-order valence-corrected chi connectivity index (χ0v) is 9.46. The molecule has 74 valence electrons. The lowest BCUT2D eigenvalue weighted by Gasteiger charge is -2.31. The fourth-order valence-corrected chi connectivity index (χ4v) is 3.09. The van der Waals surface area contributed by atoms with Crippen molar-refractivity contribution in [3.63, 3.8) is 0 Å². The van der Waals surface area contributed by atoms with Crippen LogP contribution in [0.1, 0.15) is 26.2 Å². The molecule has 0 aromatic carbocycles. The molecule has 0 aliphatic carbocycles. The highest BCUT2D eigenvalue weighted by Gasteiger charge is 2.31. The summed E-state index contributed by atoms with van der Waals surface area (Å²) < 4.78 is 0. The van der Waals surface area contributed by atoms with Crippen molar-refractivity contribution < 1.29 is 4.79 Å². The number of hydrogen-bond donors (Lipinski definition) is 0. The molecular weight excluding hydrogens is 204 g/mol. The van der Waals surface area contributed by atoms with Crippen molar-refractivity contribution in [3.8, 4) is 0 Å². The zero-order valence-electron chi connectivity index (χ0n) is 7.88. The van der Waals surface area contributed by atoms with E-state index in [1.54, 1.807) is 5.54 Å². The molecule has 0 amide bonds. The summed E-state index contributed by atoms with van der Waals surface area (Å²) in [7, 11) is 0. The lowest BCUT2D eigenvalue weighted by Crippen LogP contribution is -2.28. The molecule has 1 aliphatic heterocycles. The zero-order chi connectivity index (χ0) is 9.73. The molecule has 13 heavy (non-hydrogen) atoms. The van der Waals surface area contributed by atoms with Crippen LogP contribution in [-0.2, 0) is 4.79 Å². The minimum atomic E-state index is -0.110. The number of allylic oxidation sites excluding steroid dienone is 1. The highest BCUT2D eigenvalue weighted by atomic mass is 35.5. The first kappa shape index (κ1) is 11.1. The van der Waals surface area contributed by atoms with E-state index >= 15 is 0 Å². The quantitative estimate of drug-likeness (QED) is 0.677. The Morgan fingerprint density at radius 1 is 1.54 bits per heavy atom. The van der Waals surface area contributed by atoms with Gasteiger partial charge < -0.3 is 4.79 Å². The van der Waals surface area contributed by atoms with Crippen LogP contribution in [0.15, 0.2) is 11.1 Å². The average Bonchev–Trinajstić information content (AvgIpc) is 2.19. The summed E-state index contributed by atoms with van der Waals surface area (Å²) in [6, 6.07) is 0. The number of carbonyl (C=O) groups excluding carboxylic acids is 1. The van der Waals surface area contributed by atoms with Crippen LogP contribution in [-0.4, -0.2) is 17.8 Å². The number of rotatable bonds is 3. The molecule has 1 aliphatic rings. The van der Waals surface area contributed by atoms with Crippen LogP contribution in [0.4, 0.5) is 0 Å². The molecule has 3 heteroatoms. The maximum Gasteiger partial charge on any atom is 0.126 e. The fourth-order valence-electron chi connectivity index (χ4n) is 1.71. The average molecular weight is 219 g/mol. The van der Waals surface area contributed by atoms with Gasteiger partial charge in [-0.1, -0.05) is 17.2 Å². The summed E-state index contributed by atoms with van der Waals surface area (Å²) in [4.78, 5) is 11.1. The van der Waals surface area contributed by atoms with E-state index in [9.17, 15) is 4.79 Å². The van der Waals surface area contributed by atoms with Gasteiger partial charge in [-0.15, -0.1) is 0 Å². The molecule has 0 unspecified atom stereocenters. The second-order valence-corrected chi connectivity index (χ2v) is 5.17. The minimum Gasteiger partial charge on any atom is -0.303 e. The van der Waals surface area contributed by atoms with Gasteiger partial charge in [0.1, 0.15) is 6.29 Å². The van der Waals surface area contributed by atoms with Crippen LogP contribution in [0.25, 0.3) is 0 Å². The largest absolute Gasteiger partial charge is 0.303 e. The lowest BCUT2D eigenvalue weighted by atomic mass is 9.78. The number of thioether (sulfide) groups is 1. The van der Waals surface area contributed by atoms with Gasteiger partial charge in [0, 0.05) is 11.0 Å². The van der Waals surface area contributed by atoms with Crippen LogP contribution >= 0.6 is 23.4 Å². The second-order valence-electron chi connectivity index (χ2n) is 3.72. The van der Waals surface area contributed by atoms with Crippen molar-refractivity contribution in [1.82, 2.24) is 0 Å². The monoisotopic (exact) mass is 218 g/mol. The van der Waals surface area contributed by atoms with E-state index in [1.807, 2.05) is 18.7 Å². The summed E-state index contributed by atoms with van der Waals surface area (Å²) in [5.74, 6) is 2.21. The maximum absolute atomic E-state index is 11.1. The minimum absolute atomic E-state index is 0.110. The van der Waals surface area contributed by atoms with E-state index in [0.29, 0.717) is 0 Å². The van der Waals surface area contributed by atoms with Crippen LogP contribution < -0.4 is 0 Å². The first-order chi connectivity index (χ1) is 6.22. The molecule has 0 bridgehead atoms. The normalized spacial score (nSPS) is 22.8. The van der Waals surface area contributed by atoms with Gasteiger partial charge in [-0.25, -0.2) is 0 Å². The number of halogens is 1. The molecule has 0 aromatic rings. The molecule has 1 rings (SSSR count). The van der Waals surface area contributed by atoms with Gasteiger partial charge in [0.25, 0.3) is 0 Å². The Morgan fingerprint density at radius 3 is 2.62 bits per heavy atom. The van der Waals surface area contributed by atoms with E-state index in [2.05, 4.69) is 0 Å². The molecule has 0 spiro atoms. The van der Waals surface area contributed by atoms with E-state index in [0.717, 1.165) is 42.6 Å². The predicted octanol–water partition coefficient (Wildman–Crippen LogP) is 3.23. The molecule has 1 nitrogen and oxygen atoms in total. The SMILES string of the molecule is C/C(=C\Cl)CC1(C=O)CCSCC1. The Labute approximate surface area is 88.9 Å². The Hall–Kier alpha value is 0.0500. The van der Waals surface area contributed by atoms with Crippen LogP contribution in [0.5, 0.6) is 0 Å². The van der Waals surface area contributed by atoms with E-state index in [4.69, 9.17) is 11.6 Å². The first-order valence-corrected chi connectivity index (χ1v) is 6.11. The summed E-state index contributed by atoms with van der Waals surface area (Å²) in [6.07, 6.45) is 3.98. The smallest absolute Gasteiger partial charge is 0.126 e. The lowest BCUT2D eigenvalue weighted by molar-refractivity contribution is -0.116. The summed E-state index contributed by atoms with van der Waals surface area (Å²) in [5.41, 5.74) is 2.59. The summed E-state index contributed by atoms with van der Waals surface area (Å²) in [6.45, 7) is 1.99. The molecule has 0 N–H and O–H groups in total. The van der Waals surface area contributed by atoms with Crippen LogP contribution in [0, 0.1) is 5.41 Å². The molecule has 0 aromatic heterocycles. The Morgan fingerprint density at radius 2 is 2.15 bits per heavy atom. The molecular formula is C10H15ClOS. The van der Waals surface area contributed by atoms with Crippen molar-refractivity contribution in [2.24, 2.45) is 5.41 Å². The second kappa shape index (κ2) is 5.06. The molecule has 1 saturated heterocycles. The first-order valence-electron chi connectivity index (χ1n) is 4.52. The van der Waals surface area contributed by atoms with Crippen molar-refractivity contribution in [3.05, 3.63) is 11.1 Å². The maximum atomic E-state index is 11.1.